The number of thioether (sulfide) groups is 1. The smallest absolute Gasteiger partial charge is 0.237 e. The highest BCUT2D eigenvalue weighted by Crippen LogP contribution is 2.38. The van der Waals surface area contributed by atoms with Gasteiger partial charge in [-0.25, -0.2) is 0 Å². The van der Waals surface area contributed by atoms with E-state index in [2.05, 4.69) is 0 Å². The van der Waals surface area contributed by atoms with Gasteiger partial charge in [0.05, 0.1) is 18.0 Å². The molecule has 6 heteroatoms. The molecule has 3 nitrogen and oxygen atoms in total. The van der Waals surface area contributed by atoms with Crippen molar-refractivity contribution in [1.29, 1.82) is 0 Å². The molecule has 0 aromatic heterocycles. The average molecular weight is 442 g/mol. The van der Waals surface area contributed by atoms with Crippen LogP contribution in [0.25, 0.3) is 0 Å². The summed E-state index contributed by atoms with van der Waals surface area (Å²) in [5.41, 5.74) is 2.96. The van der Waals surface area contributed by atoms with Crippen LogP contribution in [-0.4, -0.2) is 17.4 Å². The molecule has 0 unspecified atom stereocenters. The zero-order chi connectivity index (χ0) is 20.4. The Labute approximate surface area is 183 Å². The summed E-state index contributed by atoms with van der Waals surface area (Å²) in [4.78, 5) is 28.1. The van der Waals surface area contributed by atoms with Crippen molar-refractivity contribution >= 4 is 52.3 Å². The molecule has 146 valence electrons. The number of benzene rings is 3. The number of ketones is 1. The van der Waals surface area contributed by atoms with Crippen LogP contribution < -0.4 is 4.90 Å². The summed E-state index contributed by atoms with van der Waals surface area (Å²) < 4.78 is 0. The first-order valence-corrected chi connectivity index (χ1v) is 10.8. The topological polar surface area (TPSA) is 37.4 Å². The molecule has 0 bridgehead atoms. The van der Waals surface area contributed by atoms with Gasteiger partial charge in [0, 0.05) is 32.5 Å². The first-order chi connectivity index (χ1) is 14.0. The van der Waals surface area contributed by atoms with E-state index < -0.39 is 0 Å². The fraction of sp³-hybridized carbons (Fsp3) is 0.130. The Bertz CT molecular complexity index is 1070. The molecule has 0 N–H and O–H groups in total. The standard InChI is InChI=1S/C23H17Cl2NO2S/c24-18-7-4-8-19(25)17(18)13-26-20-12-16(9-10-22(20)29-14-23(26)28)21(27)11-15-5-2-1-3-6-15/h1-10,12H,11,13-14H2. The first-order valence-electron chi connectivity index (χ1n) is 9.10. The normalized spacial score (nSPS) is 13.3. The van der Waals surface area contributed by atoms with Crippen LogP contribution in [0.15, 0.2) is 71.6 Å². The third kappa shape index (κ3) is 4.35. The molecule has 0 atom stereocenters. The lowest BCUT2D eigenvalue weighted by molar-refractivity contribution is -0.116. The quantitative estimate of drug-likeness (QED) is 0.451. The zero-order valence-electron chi connectivity index (χ0n) is 15.4. The van der Waals surface area contributed by atoms with Crippen LogP contribution in [0.1, 0.15) is 21.5 Å². The number of carbonyl (C=O) groups is 2. The van der Waals surface area contributed by atoms with E-state index in [1.165, 1.54) is 11.8 Å². The highest BCUT2D eigenvalue weighted by atomic mass is 35.5. The number of fused-ring (bicyclic) bond motifs is 1. The molecule has 1 heterocycles. The molecule has 0 radical (unpaired) electrons. The number of amides is 1. The summed E-state index contributed by atoms with van der Waals surface area (Å²) in [5, 5.41) is 1.03. The van der Waals surface area contributed by atoms with Crippen molar-refractivity contribution in [2.45, 2.75) is 17.9 Å². The highest BCUT2D eigenvalue weighted by Gasteiger charge is 2.27. The van der Waals surface area contributed by atoms with E-state index in [0.29, 0.717) is 33.3 Å². The Kier molecular flexibility index (Phi) is 5.95. The van der Waals surface area contributed by atoms with Gasteiger partial charge < -0.3 is 4.90 Å². The van der Waals surface area contributed by atoms with E-state index in [0.717, 1.165) is 16.1 Å². The summed E-state index contributed by atoms with van der Waals surface area (Å²) in [7, 11) is 0. The number of carbonyl (C=O) groups excluding carboxylic acids is 2. The van der Waals surface area contributed by atoms with Crippen molar-refractivity contribution in [2.75, 3.05) is 10.7 Å². The van der Waals surface area contributed by atoms with E-state index in [9.17, 15) is 9.59 Å². The van der Waals surface area contributed by atoms with Crippen LogP contribution in [-0.2, 0) is 17.8 Å². The number of anilines is 1. The number of rotatable bonds is 5. The Hall–Kier alpha value is -2.27. The number of hydrogen-bond acceptors (Lipinski definition) is 3. The Morgan fingerprint density at radius 1 is 0.966 bits per heavy atom. The summed E-state index contributed by atoms with van der Waals surface area (Å²) in [6.45, 7) is 0.265. The third-order valence-electron chi connectivity index (χ3n) is 4.81. The fourth-order valence-corrected chi connectivity index (χ4v) is 4.71. The van der Waals surface area contributed by atoms with Crippen LogP contribution in [0.5, 0.6) is 0 Å². The largest absolute Gasteiger partial charge is 0.306 e. The molecule has 1 amide bonds. The molecule has 3 aromatic rings. The van der Waals surface area contributed by atoms with E-state index in [1.807, 2.05) is 42.5 Å². The van der Waals surface area contributed by atoms with Crippen LogP contribution in [0.4, 0.5) is 5.69 Å². The summed E-state index contributed by atoms with van der Waals surface area (Å²) in [5.74, 6) is 0.315. The highest BCUT2D eigenvalue weighted by molar-refractivity contribution is 8.00. The molecule has 1 aliphatic rings. The van der Waals surface area contributed by atoms with E-state index in [1.54, 1.807) is 29.2 Å². The van der Waals surface area contributed by atoms with Gasteiger partial charge in [-0.3, -0.25) is 9.59 Å². The number of Topliss-reactive ketones (excluding diaryl/α,β-unsaturated/α-hetero) is 1. The molecule has 4 rings (SSSR count). The minimum absolute atomic E-state index is 0.0118. The second kappa shape index (κ2) is 8.62. The monoisotopic (exact) mass is 441 g/mol. The number of halogens is 2. The molecule has 0 saturated heterocycles. The maximum absolute atomic E-state index is 12.8. The number of nitrogens with zero attached hydrogens (tertiary/aromatic N) is 1. The summed E-state index contributed by atoms with van der Waals surface area (Å²) >= 11 is 14.1. The van der Waals surface area contributed by atoms with Gasteiger partial charge in [-0.05, 0) is 29.8 Å². The van der Waals surface area contributed by atoms with Gasteiger partial charge >= 0.3 is 0 Å². The molecule has 29 heavy (non-hydrogen) atoms. The third-order valence-corrected chi connectivity index (χ3v) is 6.57. The van der Waals surface area contributed by atoms with Crippen molar-refractivity contribution < 1.29 is 9.59 Å². The Morgan fingerprint density at radius 3 is 2.41 bits per heavy atom. The Balaban J connectivity index is 1.66. The second-order valence-corrected chi connectivity index (χ2v) is 8.57. The lowest BCUT2D eigenvalue weighted by Gasteiger charge is -2.30. The molecule has 1 aliphatic heterocycles. The van der Waals surface area contributed by atoms with Gasteiger partial charge in [-0.1, -0.05) is 65.7 Å². The van der Waals surface area contributed by atoms with Crippen molar-refractivity contribution in [3.8, 4) is 0 Å². The van der Waals surface area contributed by atoms with Crippen LogP contribution in [0, 0.1) is 0 Å². The van der Waals surface area contributed by atoms with Crippen LogP contribution in [0.2, 0.25) is 10.0 Å². The van der Waals surface area contributed by atoms with Gasteiger partial charge in [0.15, 0.2) is 5.78 Å². The summed E-state index contributed by atoms with van der Waals surface area (Å²) in [6.07, 6.45) is 0.317. The average Bonchev–Trinajstić information content (AvgIpc) is 2.72. The fourth-order valence-electron chi connectivity index (χ4n) is 3.27. The molecule has 3 aromatic carbocycles. The van der Waals surface area contributed by atoms with E-state index in [-0.39, 0.29) is 18.2 Å². The minimum Gasteiger partial charge on any atom is -0.306 e. The van der Waals surface area contributed by atoms with Crippen molar-refractivity contribution in [3.05, 3.63) is 93.5 Å². The molecule has 0 spiro atoms. The van der Waals surface area contributed by atoms with Gasteiger partial charge in [0.25, 0.3) is 0 Å². The van der Waals surface area contributed by atoms with Gasteiger partial charge in [0.1, 0.15) is 0 Å². The minimum atomic E-state index is -0.0360. The van der Waals surface area contributed by atoms with Crippen LogP contribution in [0.3, 0.4) is 0 Å². The predicted molar refractivity (Wildman–Crippen MR) is 119 cm³/mol. The van der Waals surface area contributed by atoms with Crippen LogP contribution >= 0.6 is 35.0 Å². The van der Waals surface area contributed by atoms with Crippen molar-refractivity contribution in [3.63, 3.8) is 0 Å². The lowest BCUT2D eigenvalue weighted by Crippen LogP contribution is -2.35. The molecule has 0 aliphatic carbocycles. The summed E-state index contributed by atoms with van der Waals surface area (Å²) in [6, 6.07) is 20.4. The van der Waals surface area contributed by atoms with Gasteiger partial charge in [-0.15, -0.1) is 11.8 Å². The molecule has 0 saturated carbocycles. The number of hydrogen-bond donors (Lipinski definition) is 0. The maximum atomic E-state index is 12.8. The van der Waals surface area contributed by atoms with E-state index in [4.69, 9.17) is 23.2 Å². The molecular formula is C23H17Cl2NO2S. The van der Waals surface area contributed by atoms with E-state index >= 15 is 0 Å². The predicted octanol–water partition coefficient (Wildman–Crippen LogP) is 6.06. The zero-order valence-corrected chi connectivity index (χ0v) is 17.7. The van der Waals surface area contributed by atoms with Gasteiger partial charge in [0.2, 0.25) is 5.91 Å². The maximum Gasteiger partial charge on any atom is 0.237 e. The van der Waals surface area contributed by atoms with Crippen molar-refractivity contribution in [1.82, 2.24) is 0 Å². The SMILES string of the molecule is O=C(Cc1ccccc1)c1ccc2c(c1)N(Cc1c(Cl)cccc1Cl)C(=O)CS2. The first kappa shape index (κ1) is 20.0. The van der Waals surface area contributed by atoms with Gasteiger partial charge in [-0.2, -0.15) is 0 Å². The van der Waals surface area contributed by atoms with Crippen molar-refractivity contribution in [2.24, 2.45) is 0 Å². The lowest BCUT2D eigenvalue weighted by atomic mass is 10.0. The molecular weight excluding hydrogens is 425 g/mol. The molecule has 0 fully saturated rings. The Morgan fingerprint density at radius 2 is 1.69 bits per heavy atom. The second-order valence-electron chi connectivity index (χ2n) is 6.74.